The molecule has 3 rings (SSSR count). The Morgan fingerprint density at radius 2 is 2.16 bits per heavy atom. The van der Waals surface area contributed by atoms with Gasteiger partial charge in [0.05, 0.1) is 22.3 Å². The molecule has 0 saturated carbocycles. The average Bonchev–Trinajstić information content (AvgIpc) is 2.98. The van der Waals surface area contributed by atoms with Crippen LogP contribution in [0.4, 0.5) is 0 Å². The molecule has 0 atom stereocenters. The first-order valence-corrected chi connectivity index (χ1v) is 8.73. The molecule has 0 spiro atoms. The number of hydrogen-bond acceptors (Lipinski definition) is 4. The van der Waals surface area contributed by atoms with Gasteiger partial charge in [-0.1, -0.05) is 23.2 Å². The van der Waals surface area contributed by atoms with Gasteiger partial charge in [0, 0.05) is 30.6 Å². The summed E-state index contributed by atoms with van der Waals surface area (Å²) in [5.74, 6) is -0.136. The molecule has 0 fully saturated rings. The number of nitrogens with zero attached hydrogens (tertiary/aromatic N) is 4. The lowest BCUT2D eigenvalue weighted by molar-refractivity contribution is 0.0734. The summed E-state index contributed by atoms with van der Waals surface area (Å²) < 4.78 is 1.70. The van der Waals surface area contributed by atoms with Gasteiger partial charge in [-0.05, 0) is 31.2 Å². The number of halogens is 2. The van der Waals surface area contributed by atoms with Crippen molar-refractivity contribution in [2.24, 2.45) is 5.73 Å². The molecular formula is C17H17Cl2N5O. The molecule has 2 aromatic rings. The van der Waals surface area contributed by atoms with E-state index in [1.54, 1.807) is 27.8 Å². The summed E-state index contributed by atoms with van der Waals surface area (Å²) in [6, 6.07) is 7.04. The van der Waals surface area contributed by atoms with Crippen molar-refractivity contribution in [3.05, 3.63) is 50.8 Å². The van der Waals surface area contributed by atoms with Crippen molar-refractivity contribution in [2.75, 3.05) is 13.1 Å². The lowest BCUT2D eigenvalue weighted by Gasteiger charge is -2.26. The SMILES string of the molecule is N#Cc1c2c(nn1CCCN)CCN(C(=O)c1ccc(Cl)c(Cl)c1)C2. The van der Waals surface area contributed by atoms with E-state index in [-0.39, 0.29) is 5.91 Å². The van der Waals surface area contributed by atoms with Crippen LogP contribution in [0.15, 0.2) is 18.2 Å². The molecule has 2 N–H and O–H groups in total. The highest BCUT2D eigenvalue weighted by Crippen LogP contribution is 2.26. The molecule has 8 heteroatoms. The Bertz CT molecular complexity index is 855. The number of carbonyl (C=O) groups excluding carboxylic acids is 1. The minimum Gasteiger partial charge on any atom is -0.334 e. The van der Waals surface area contributed by atoms with Crippen LogP contribution in [0.3, 0.4) is 0 Å². The normalized spacial score (nSPS) is 13.4. The topological polar surface area (TPSA) is 87.9 Å². The molecule has 25 heavy (non-hydrogen) atoms. The van der Waals surface area contributed by atoms with E-state index in [0.29, 0.717) is 53.9 Å². The van der Waals surface area contributed by atoms with Crippen molar-refractivity contribution in [1.82, 2.24) is 14.7 Å². The number of rotatable bonds is 4. The van der Waals surface area contributed by atoms with Gasteiger partial charge >= 0.3 is 0 Å². The zero-order chi connectivity index (χ0) is 18.0. The van der Waals surface area contributed by atoms with Crippen molar-refractivity contribution < 1.29 is 4.79 Å². The number of nitriles is 1. The Labute approximate surface area is 155 Å². The van der Waals surface area contributed by atoms with Crippen LogP contribution in [-0.2, 0) is 19.5 Å². The first-order chi connectivity index (χ1) is 12.0. The van der Waals surface area contributed by atoms with Crippen molar-refractivity contribution in [2.45, 2.75) is 25.9 Å². The minimum absolute atomic E-state index is 0.136. The smallest absolute Gasteiger partial charge is 0.254 e. The summed E-state index contributed by atoms with van der Waals surface area (Å²) in [4.78, 5) is 14.5. The number of hydrogen-bond donors (Lipinski definition) is 1. The van der Waals surface area contributed by atoms with Crippen LogP contribution in [0.25, 0.3) is 0 Å². The monoisotopic (exact) mass is 377 g/mol. The molecule has 0 bridgehead atoms. The van der Waals surface area contributed by atoms with E-state index in [9.17, 15) is 10.1 Å². The summed E-state index contributed by atoms with van der Waals surface area (Å²) in [5.41, 5.74) is 8.23. The Kier molecular flexibility index (Phi) is 5.28. The fraction of sp³-hybridized carbons (Fsp3) is 0.353. The predicted octanol–water partition coefficient (Wildman–Crippen LogP) is 2.61. The summed E-state index contributed by atoms with van der Waals surface area (Å²) in [6.07, 6.45) is 1.37. The Morgan fingerprint density at radius 1 is 1.36 bits per heavy atom. The first-order valence-electron chi connectivity index (χ1n) is 7.98. The Morgan fingerprint density at radius 3 is 2.84 bits per heavy atom. The molecule has 0 saturated heterocycles. The Balaban J connectivity index is 1.85. The van der Waals surface area contributed by atoms with Gasteiger partial charge in [-0.25, -0.2) is 0 Å². The second-order valence-electron chi connectivity index (χ2n) is 5.86. The summed E-state index contributed by atoms with van der Waals surface area (Å²) in [6.45, 7) is 2.05. The number of aromatic nitrogens is 2. The van der Waals surface area contributed by atoms with Crippen molar-refractivity contribution in [3.63, 3.8) is 0 Å². The third-order valence-corrected chi connectivity index (χ3v) is 4.97. The largest absolute Gasteiger partial charge is 0.334 e. The van der Waals surface area contributed by atoms with Crippen LogP contribution >= 0.6 is 23.2 Å². The van der Waals surface area contributed by atoms with Crippen molar-refractivity contribution in [3.8, 4) is 6.07 Å². The number of benzene rings is 1. The fourth-order valence-electron chi connectivity index (χ4n) is 2.94. The van der Waals surface area contributed by atoms with Crippen molar-refractivity contribution >= 4 is 29.1 Å². The van der Waals surface area contributed by atoms with Gasteiger partial charge in [0.2, 0.25) is 0 Å². The molecule has 0 unspecified atom stereocenters. The van der Waals surface area contributed by atoms with E-state index in [1.807, 2.05) is 0 Å². The molecule has 1 aliphatic heterocycles. The number of amides is 1. The maximum atomic E-state index is 12.7. The maximum Gasteiger partial charge on any atom is 0.254 e. The molecule has 0 radical (unpaired) electrons. The van der Waals surface area contributed by atoms with Gasteiger partial charge < -0.3 is 10.6 Å². The number of aryl methyl sites for hydroxylation is 1. The molecule has 1 amide bonds. The molecule has 1 aliphatic rings. The van der Waals surface area contributed by atoms with Gasteiger partial charge in [0.1, 0.15) is 11.8 Å². The van der Waals surface area contributed by atoms with Crippen molar-refractivity contribution in [1.29, 1.82) is 5.26 Å². The van der Waals surface area contributed by atoms with Crippen LogP contribution in [-0.4, -0.2) is 33.7 Å². The maximum absolute atomic E-state index is 12.7. The second kappa shape index (κ2) is 7.44. The fourth-order valence-corrected chi connectivity index (χ4v) is 3.24. The van der Waals surface area contributed by atoms with Gasteiger partial charge in [-0.15, -0.1) is 0 Å². The zero-order valence-electron chi connectivity index (χ0n) is 13.5. The highest BCUT2D eigenvalue weighted by molar-refractivity contribution is 6.42. The van der Waals surface area contributed by atoms with E-state index >= 15 is 0 Å². The van der Waals surface area contributed by atoms with Gasteiger partial charge in [0.15, 0.2) is 0 Å². The van der Waals surface area contributed by atoms with Crippen LogP contribution in [0.2, 0.25) is 10.0 Å². The van der Waals surface area contributed by atoms with E-state index < -0.39 is 0 Å². The first kappa shape index (κ1) is 17.7. The van der Waals surface area contributed by atoms with Crippen LogP contribution in [0.5, 0.6) is 0 Å². The molecule has 130 valence electrons. The average molecular weight is 378 g/mol. The minimum atomic E-state index is -0.136. The van der Waals surface area contributed by atoms with Crippen LogP contribution < -0.4 is 5.73 Å². The standard InChI is InChI=1S/C17H17Cl2N5O/c18-13-3-2-11(8-14(13)19)17(25)23-7-4-15-12(10-23)16(9-21)24(22-15)6-1-5-20/h2-3,8H,1,4-7,10,20H2. The quantitative estimate of drug-likeness (QED) is 0.886. The highest BCUT2D eigenvalue weighted by atomic mass is 35.5. The number of nitrogens with two attached hydrogens (primary N) is 1. The van der Waals surface area contributed by atoms with E-state index in [1.165, 1.54) is 0 Å². The molecular weight excluding hydrogens is 361 g/mol. The predicted molar refractivity (Wildman–Crippen MR) is 95.5 cm³/mol. The second-order valence-corrected chi connectivity index (χ2v) is 6.67. The third kappa shape index (κ3) is 3.49. The molecule has 6 nitrogen and oxygen atoms in total. The lowest BCUT2D eigenvalue weighted by atomic mass is 10.0. The van der Waals surface area contributed by atoms with Crippen LogP contribution in [0.1, 0.15) is 33.7 Å². The van der Waals surface area contributed by atoms with E-state index in [0.717, 1.165) is 17.7 Å². The van der Waals surface area contributed by atoms with Crippen LogP contribution in [0, 0.1) is 11.3 Å². The van der Waals surface area contributed by atoms with Gasteiger partial charge in [-0.3, -0.25) is 9.48 Å². The summed E-state index contributed by atoms with van der Waals surface area (Å²) >= 11 is 11.9. The highest BCUT2D eigenvalue weighted by Gasteiger charge is 2.28. The molecule has 2 heterocycles. The number of fused-ring (bicyclic) bond motifs is 1. The zero-order valence-corrected chi connectivity index (χ0v) is 15.0. The van der Waals surface area contributed by atoms with E-state index in [4.69, 9.17) is 28.9 Å². The summed E-state index contributed by atoms with van der Waals surface area (Å²) in [5, 5.41) is 14.8. The van der Waals surface area contributed by atoms with Gasteiger partial charge in [-0.2, -0.15) is 10.4 Å². The molecule has 1 aromatic heterocycles. The molecule has 0 aliphatic carbocycles. The lowest BCUT2D eigenvalue weighted by Crippen LogP contribution is -2.36. The number of carbonyl (C=O) groups is 1. The summed E-state index contributed by atoms with van der Waals surface area (Å²) in [7, 11) is 0. The molecule has 1 aromatic carbocycles. The van der Waals surface area contributed by atoms with Gasteiger partial charge in [0.25, 0.3) is 5.91 Å². The van der Waals surface area contributed by atoms with E-state index in [2.05, 4.69) is 11.2 Å². The Hall–Kier alpha value is -2.07. The third-order valence-electron chi connectivity index (χ3n) is 4.23.